The number of rotatable bonds is 5. The van der Waals surface area contributed by atoms with Crippen LogP contribution in [0.3, 0.4) is 0 Å². The molecular formula is C17H16F2N4O2. The van der Waals surface area contributed by atoms with Gasteiger partial charge in [0.1, 0.15) is 11.6 Å². The number of nitrogens with one attached hydrogen (secondary N) is 1. The van der Waals surface area contributed by atoms with Gasteiger partial charge < -0.3 is 9.84 Å². The van der Waals surface area contributed by atoms with Gasteiger partial charge in [-0.2, -0.15) is 5.10 Å². The smallest absolute Gasteiger partial charge is 0.273 e. The highest BCUT2D eigenvalue weighted by Crippen LogP contribution is 2.23. The van der Waals surface area contributed by atoms with Crippen molar-refractivity contribution in [1.82, 2.24) is 20.3 Å². The predicted molar refractivity (Wildman–Crippen MR) is 85.8 cm³/mol. The van der Waals surface area contributed by atoms with Gasteiger partial charge in [-0.1, -0.05) is 5.16 Å². The van der Waals surface area contributed by atoms with Crippen LogP contribution >= 0.6 is 0 Å². The summed E-state index contributed by atoms with van der Waals surface area (Å²) in [6.45, 7) is 2.10. The fraction of sp³-hybridized carbons (Fsp3) is 0.235. The molecule has 0 bridgehead atoms. The second-order valence-electron chi connectivity index (χ2n) is 5.63. The number of amides is 1. The SMILES string of the molecule is Cc1c(-c2cc(C(=O)NCCc3cc(F)cc(F)c3)no2)cnn1C. The van der Waals surface area contributed by atoms with Gasteiger partial charge in [0, 0.05) is 31.4 Å². The molecule has 0 aliphatic carbocycles. The second-order valence-corrected chi connectivity index (χ2v) is 5.63. The average Bonchev–Trinajstić information content (AvgIpc) is 3.14. The third-order valence-electron chi connectivity index (χ3n) is 3.87. The molecule has 2 heterocycles. The third-order valence-corrected chi connectivity index (χ3v) is 3.87. The van der Waals surface area contributed by atoms with E-state index in [9.17, 15) is 13.6 Å². The van der Waals surface area contributed by atoms with E-state index in [1.807, 2.05) is 6.92 Å². The number of carbonyl (C=O) groups excluding carboxylic acids is 1. The van der Waals surface area contributed by atoms with Crippen molar-refractivity contribution in [3.05, 3.63) is 59.0 Å². The van der Waals surface area contributed by atoms with E-state index in [4.69, 9.17) is 4.52 Å². The Hall–Kier alpha value is -3.03. The van der Waals surface area contributed by atoms with Crippen molar-refractivity contribution < 1.29 is 18.1 Å². The number of aromatic nitrogens is 3. The maximum atomic E-state index is 13.1. The summed E-state index contributed by atoms with van der Waals surface area (Å²) < 4.78 is 33.1. The molecule has 2 aromatic heterocycles. The Morgan fingerprint density at radius 1 is 1.24 bits per heavy atom. The van der Waals surface area contributed by atoms with Gasteiger partial charge in [-0.15, -0.1) is 0 Å². The molecule has 0 aliphatic rings. The molecule has 3 rings (SSSR count). The highest BCUT2D eigenvalue weighted by molar-refractivity contribution is 5.93. The lowest BCUT2D eigenvalue weighted by molar-refractivity contribution is 0.0945. The van der Waals surface area contributed by atoms with E-state index in [-0.39, 0.29) is 12.2 Å². The first-order valence-corrected chi connectivity index (χ1v) is 7.63. The number of halogens is 2. The molecule has 1 aromatic carbocycles. The fourth-order valence-corrected chi connectivity index (χ4v) is 2.42. The molecule has 0 saturated heterocycles. The highest BCUT2D eigenvalue weighted by atomic mass is 19.1. The molecule has 1 amide bonds. The molecule has 0 radical (unpaired) electrons. The zero-order valence-electron chi connectivity index (χ0n) is 13.7. The number of benzene rings is 1. The lowest BCUT2D eigenvalue weighted by Gasteiger charge is -2.04. The van der Waals surface area contributed by atoms with Crippen molar-refractivity contribution in [1.29, 1.82) is 0 Å². The van der Waals surface area contributed by atoms with E-state index in [1.54, 1.807) is 17.9 Å². The molecule has 6 nitrogen and oxygen atoms in total. The summed E-state index contributed by atoms with van der Waals surface area (Å²) >= 11 is 0. The van der Waals surface area contributed by atoms with Crippen LogP contribution in [0.15, 0.2) is 35.0 Å². The molecule has 1 N–H and O–H groups in total. The van der Waals surface area contributed by atoms with E-state index in [0.29, 0.717) is 17.7 Å². The van der Waals surface area contributed by atoms with Crippen molar-refractivity contribution in [3.8, 4) is 11.3 Å². The maximum absolute atomic E-state index is 13.1. The van der Waals surface area contributed by atoms with E-state index in [1.165, 1.54) is 18.2 Å². The summed E-state index contributed by atoms with van der Waals surface area (Å²) in [5.74, 6) is -1.26. The summed E-state index contributed by atoms with van der Waals surface area (Å²) in [5, 5.41) is 10.5. The van der Waals surface area contributed by atoms with E-state index in [0.717, 1.165) is 17.3 Å². The molecule has 0 saturated carbocycles. The van der Waals surface area contributed by atoms with Crippen LogP contribution in [0, 0.1) is 18.6 Å². The van der Waals surface area contributed by atoms with Crippen LogP contribution in [-0.4, -0.2) is 27.4 Å². The number of carbonyl (C=O) groups is 1. The van der Waals surface area contributed by atoms with E-state index in [2.05, 4.69) is 15.6 Å². The minimum absolute atomic E-state index is 0.128. The van der Waals surface area contributed by atoms with Crippen LogP contribution in [0.2, 0.25) is 0 Å². The standard InChI is InChI=1S/C17H16F2N4O2/c1-10-14(9-21-23(10)2)16-8-15(22-25-16)17(24)20-4-3-11-5-12(18)7-13(19)6-11/h5-9H,3-4H2,1-2H3,(H,20,24). The van der Waals surface area contributed by atoms with Gasteiger partial charge in [0.2, 0.25) is 0 Å². The zero-order chi connectivity index (χ0) is 18.0. The number of hydrogen-bond acceptors (Lipinski definition) is 4. The monoisotopic (exact) mass is 346 g/mol. The van der Waals surface area contributed by atoms with Gasteiger partial charge >= 0.3 is 0 Å². The molecule has 3 aromatic rings. The van der Waals surface area contributed by atoms with Crippen molar-refractivity contribution in [2.24, 2.45) is 7.05 Å². The van der Waals surface area contributed by atoms with Crippen LogP contribution in [0.4, 0.5) is 8.78 Å². The van der Waals surface area contributed by atoms with Crippen LogP contribution in [0.5, 0.6) is 0 Å². The molecule has 0 atom stereocenters. The zero-order valence-corrected chi connectivity index (χ0v) is 13.7. The summed E-state index contributed by atoms with van der Waals surface area (Å²) in [4.78, 5) is 12.1. The first-order valence-electron chi connectivity index (χ1n) is 7.63. The van der Waals surface area contributed by atoms with Gasteiger partial charge in [-0.25, -0.2) is 8.78 Å². The summed E-state index contributed by atoms with van der Waals surface area (Å²) in [7, 11) is 1.80. The van der Waals surface area contributed by atoms with Gasteiger partial charge in [-0.05, 0) is 31.0 Å². The van der Waals surface area contributed by atoms with Gasteiger partial charge in [0.15, 0.2) is 11.5 Å². The molecule has 0 fully saturated rings. The average molecular weight is 346 g/mol. The minimum atomic E-state index is -0.644. The molecule has 0 unspecified atom stereocenters. The molecule has 0 aliphatic heterocycles. The maximum Gasteiger partial charge on any atom is 0.273 e. The van der Waals surface area contributed by atoms with E-state index < -0.39 is 17.5 Å². The Bertz CT molecular complexity index is 897. The summed E-state index contributed by atoms with van der Waals surface area (Å²) in [6, 6.07) is 4.80. The van der Waals surface area contributed by atoms with Crippen LogP contribution in [-0.2, 0) is 13.5 Å². The van der Waals surface area contributed by atoms with Crippen molar-refractivity contribution in [2.75, 3.05) is 6.54 Å². The largest absolute Gasteiger partial charge is 0.355 e. The normalized spacial score (nSPS) is 10.9. The Balaban J connectivity index is 1.61. The topological polar surface area (TPSA) is 73.0 Å². The van der Waals surface area contributed by atoms with Crippen molar-refractivity contribution in [3.63, 3.8) is 0 Å². The van der Waals surface area contributed by atoms with Crippen molar-refractivity contribution in [2.45, 2.75) is 13.3 Å². The Morgan fingerprint density at radius 3 is 2.60 bits per heavy atom. The second kappa shape index (κ2) is 6.84. The molecule has 0 spiro atoms. The van der Waals surface area contributed by atoms with Crippen LogP contribution in [0.25, 0.3) is 11.3 Å². The first kappa shape index (κ1) is 16.8. The molecule has 130 valence electrons. The number of hydrogen-bond donors (Lipinski definition) is 1. The number of aryl methyl sites for hydroxylation is 1. The van der Waals surface area contributed by atoms with Gasteiger partial charge in [0.05, 0.1) is 11.8 Å². The summed E-state index contributed by atoms with van der Waals surface area (Å²) in [5.41, 5.74) is 2.23. The molecular weight excluding hydrogens is 330 g/mol. The first-order chi connectivity index (χ1) is 11.9. The molecule has 25 heavy (non-hydrogen) atoms. The summed E-state index contributed by atoms with van der Waals surface area (Å²) in [6.07, 6.45) is 1.93. The van der Waals surface area contributed by atoms with Crippen LogP contribution in [0.1, 0.15) is 21.7 Å². The lowest BCUT2D eigenvalue weighted by atomic mass is 10.1. The molecule has 8 heteroatoms. The Kier molecular flexibility index (Phi) is 4.60. The fourth-order valence-electron chi connectivity index (χ4n) is 2.42. The van der Waals surface area contributed by atoms with Gasteiger partial charge in [-0.3, -0.25) is 9.48 Å². The quantitative estimate of drug-likeness (QED) is 0.771. The third kappa shape index (κ3) is 3.73. The number of nitrogens with zero attached hydrogens (tertiary/aromatic N) is 3. The predicted octanol–water partition coefficient (Wildman–Crippen LogP) is 2.63. The lowest BCUT2D eigenvalue weighted by Crippen LogP contribution is -2.26. The minimum Gasteiger partial charge on any atom is -0.355 e. The Morgan fingerprint density at radius 2 is 1.96 bits per heavy atom. The highest BCUT2D eigenvalue weighted by Gasteiger charge is 2.16. The van der Waals surface area contributed by atoms with Gasteiger partial charge in [0.25, 0.3) is 5.91 Å². The van der Waals surface area contributed by atoms with Crippen LogP contribution < -0.4 is 5.32 Å². The van der Waals surface area contributed by atoms with E-state index >= 15 is 0 Å². The Labute approximate surface area is 142 Å². The van der Waals surface area contributed by atoms with Crippen molar-refractivity contribution >= 4 is 5.91 Å².